The molecule has 0 atom stereocenters. The third-order valence-electron chi connectivity index (χ3n) is 5.26. The number of piperidine rings is 1. The Morgan fingerprint density at radius 3 is 2.34 bits per heavy atom. The molecule has 0 saturated carbocycles. The minimum atomic E-state index is -3.46. The van der Waals surface area contributed by atoms with E-state index in [4.69, 9.17) is 0 Å². The van der Waals surface area contributed by atoms with E-state index in [9.17, 15) is 13.2 Å². The van der Waals surface area contributed by atoms with Crippen molar-refractivity contribution in [3.8, 4) is 0 Å². The number of rotatable bonds is 7. The summed E-state index contributed by atoms with van der Waals surface area (Å²) >= 11 is 1.49. The van der Waals surface area contributed by atoms with Crippen molar-refractivity contribution in [2.24, 2.45) is 7.05 Å². The molecule has 1 saturated heterocycles. The number of hydrogen-bond acceptors (Lipinski definition) is 6. The topological polar surface area (TPSA) is 97.2 Å². The van der Waals surface area contributed by atoms with E-state index >= 15 is 0 Å². The first-order valence-electron chi connectivity index (χ1n) is 10.4. The largest absolute Gasteiger partial charge is 0.326 e. The van der Waals surface area contributed by atoms with Crippen LogP contribution in [0.4, 0.5) is 5.69 Å². The predicted octanol–water partition coefficient (Wildman–Crippen LogP) is 3.32. The van der Waals surface area contributed by atoms with Crippen LogP contribution in [-0.2, 0) is 28.3 Å². The third-order valence-corrected chi connectivity index (χ3v) is 8.23. The molecule has 10 heteroatoms. The first-order chi connectivity index (χ1) is 15.4. The van der Waals surface area contributed by atoms with E-state index in [-0.39, 0.29) is 17.2 Å². The number of sulfonamides is 1. The van der Waals surface area contributed by atoms with Crippen molar-refractivity contribution in [1.82, 2.24) is 19.1 Å². The van der Waals surface area contributed by atoms with Gasteiger partial charge in [-0.1, -0.05) is 18.6 Å². The fourth-order valence-corrected chi connectivity index (χ4v) is 5.78. The molecular weight excluding hydrogens is 446 g/mol. The van der Waals surface area contributed by atoms with Gasteiger partial charge in [0.2, 0.25) is 15.9 Å². The van der Waals surface area contributed by atoms with Crippen LogP contribution in [0, 0.1) is 0 Å². The highest BCUT2D eigenvalue weighted by Gasteiger charge is 2.25. The smallest absolute Gasteiger partial charge is 0.243 e. The van der Waals surface area contributed by atoms with Crippen molar-refractivity contribution < 1.29 is 13.2 Å². The Morgan fingerprint density at radius 1 is 1.03 bits per heavy atom. The standard InChI is InChI=1S/C22H25N5O3S2/c1-26-16-23-25-22(26)31-19-9-7-18(8-10-19)24-21(28)15-17-5-11-20(12-6-17)32(29,30)27-13-3-2-4-14-27/h5-12,16H,2-4,13-15H2,1H3,(H,24,28). The van der Waals surface area contributed by atoms with Gasteiger partial charge in [-0.3, -0.25) is 4.79 Å². The maximum absolute atomic E-state index is 12.7. The summed E-state index contributed by atoms with van der Waals surface area (Å²) in [4.78, 5) is 13.7. The number of aryl methyl sites for hydroxylation is 1. The molecule has 0 radical (unpaired) electrons. The number of carbonyl (C=O) groups excluding carboxylic acids is 1. The Labute approximate surface area is 192 Å². The number of carbonyl (C=O) groups is 1. The molecule has 0 spiro atoms. The predicted molar refractivity (Wildman–Crippen MR) is 123 cm³/mol. The van der Waals surface area contributed by atoms with Gasteiger partial charge in [0.15, 0.2) is 5.16 Å². The molecule has 4 rings (SSSR count). The molecule has 2 aromatic carbocycles. The molecule has 1 aromatic heterocycles. The van der Waals surface area contributed by atoms with Gasteiger partial charge in [-0.15, -0.1) is 10.2 Å². The Balaban J connectivity index is 1.33. The summed E-state index contributed by atoms with van der Waals surface area (Å²) in [6.07, 6.45) is 4.68. The van der Waals surface area contributed by atoms with E-state index in [0.29, 0.717) is 18.8 Å². The molecule has 3 aromatic rings. The van der Waals surface area contributed by atoms with Gasteiger partial charge in [-0.05, 0) is 66.6 Å². The lowest BCUT2D eigenvalue weighted by Gasteiger charge is -2.25. The highest BCUT2D eigenvalue weighted by atomic mass is 32.2. The summed E-state index contributed by atoms with van der Waals surface area (Å²) in [5.74, 6) is -0.162. The maximum Gasteiger partial charge on any atom is 0.243 e. The van der Waals surface area contributed by atoms with Crippen LogP contribution in [0.3, 0.4) is 0 Å². The number of nitrogens with one attached hydrogen (secondary N) is 1. The van der Waals surface area contributed by atoms with E-state index < -0.39 is 10.0 Å². The fraction of sp³-hybridized carbons (Fsp3) is 0.318. The van der Waals surface area contributed by atoms with Crippen LogP contribution in [0.15, 0.2) is 69.8 Å². The second kappa shape index (κ2) is 9.85. The van der Waals surface area contributed by atoms with E-state index in [0.717, 1.165) is 34.9 Å². The molecule has 32 heavy (non-hydrogen) atoms. The van der Waals surface area contributed by atoms with Crippen LogP contribution in [-0.4, -0.2) is 46.5 Å². The Hall–Kier alpha value is -2.69. The van der Waals surface area contributed by atoms with Gasteiger partial charge in [-0.2, -0.15) is 4.31 Å². The fourth-order valence-electron chi connectivity index (χ4n) is 3.50. The average Bonchev–Trinajstić information content (AvgIpc) is 3.20. The summed E-state index contributed by atoms with van der Waals surface area (Å²) < 4.78 is 28.9. The van der Waals surface area contributed by atoms with Crippen LogP contribution in [0.25, 0.3) is 0 Å². The molecule has 1 aliphatic heterocycles. The third kappa shape index (κ3) is 5.37. The maximum atomic E-state index is 12.7. The number of aromatic nitrogens is 3. The van der Waals surface area contributed by atoms with Crippen molar-refractivity contribution in [1.29, 1.82) is 0 Å². The van der Waals surface area contributed by atoms with Crippen LogP contribution in [0.2, 0.25) is 0 Å². The zero-order valence-electron chi connectivity index (χ0n) is 17.8. The van der Waals surface area contributed by atoms with Crippen molar-refractivity contribution in [3.63, 3.8) is 0 Å². The number of anilines is 1. The van der Waals surface area contributed by atoms with Crippen molar-refractivity contribution in [2.75, 3.05) is 18.4 Å². The monoisotopic (exact) mass is 471 g/mol. The average molecular weight is 472 g/mol. The van der Waals surface area contributed by atoms with E-state index in [1.54, 1.807) is 34.9 Å². The summed E-state index contributed by atoms with van der Waals surface area (Å²) in [6, 6.07) is 14.1. The second-order valence-corrected chi connectivity index (χ2v) is 10.7. The summed E-state index contributed by atoms with van der Waals surface area (Å²) in [5.41, 5.74) is 1.45. The van der Waals surface area contributed by atoms with Gasteiger partial charge in [0.1, 0.15) is 6.33 Å². The number of hydrogen-bond donors (Lipinski definition) is 1. The Bertz CT molecular complexity index is 1170. The second-order valence-electron chi connectivity index (χ2n) is 7.68. The lowest BCUT2D eigenvalue weighted by atomic mass is 10.1. The van der Waals surface area contributed by atoms with Crippen LogP contribution >= 0.6 is 11.8 Å². The molecule has 0 bridgehead atoms. The lowest BCUT2D eigenvalue weighted by Crippen LogP contribution is -2.35. The van der Waals surface area contributed by atoms with Crippen molar-refractivity contribution in [2.45, 2.75) is 40.6 Å². The van der Waals surface area contributed by atoms with E-state index in [2.05, 4.69) is 15.5 Å². The summed E-state index contributed by atoms with van der Waals surface area (Å²) in [6.45, 7) is 1.14. The molecular formula is C22H25N5O3S2. The normalized spacial score (nSPS) is 14.9. The zero-order valence-corrected chi connectivity index (χ0v) is 19.4. The highest BCUT2D eigenvalue weighted by molar-refractivity contribution is 7.99. The van der Waals surface area contributed by atoms with Gasteiger partial charge in [0.05, 0.1) is 11.3 Å². The van der Waals surface area contributed by atoms with Gasteiger partial charge < -0.3 is 9.88 Å². The molecule has 2 heterocycles. The molecule has 168 valence electrons. The van der Waals surface area contributed by atoms with Crippen molar-refractivity contribution in [3.05, 3.63) is 60.4 Å². The summed E-state index contributed by atoms with van der Waals surface area (Å²) in [5, 5.41) is 11.6. The molecule has 1 aliphatic rings. The first-order valence-corrected chi connectivity index (χ1v) is 12.7. The Kier molecular flexibility index (Phi) is 6.92. The molecule has 0 unspecified atom stereocenters. The van der Waals surface area contributed by atoms with Crippen molar-refractivity contribution >= 4 is 33.4 Å². The number of nitrogens with zero attached hydrogens (tertiary/aromatic N) is 4. The van der Waals surface area contributed by atoms with Gasteiger partial charge in [0, 0.05) is 30.7 Å². The van der Waals surface area contributed by atoms with Gasteiger partial charge in [-0.25, -0.2) is 8.42 Å². The minimum Gasteiger partial charge on any atom is -0.326 e. The highest BCUT2D eigenvalue weighted by Crippen LogP contribution is 2.26. The Morgan fingerprint density at radius 2 is 1.72 bits per heavy atom. The van der Waals surface area contributed by atoms with E-state index in [1.807, 2.05) is 35.9 Å². The number of amides is 1. The molecule has 8 nitrogen and oxygen atoms in total. The van der Waals surface area contributed by atoms with Crippen LogP contribution < -0.4 is 5.32 Å². The van der Waals surface area contributed by atoms with Gasteiger partial charge in [0.25, 0.3) is 0 Å². The van der Waals surface area contributed by atoms with Crippen LogP contribution in [0.5, 0.6) is 0 Å². The van der Waals surface area contributed by atoms with Crippen LogP contribution in [0.1, 0.15) is 24.8 Å². The zero-order chi connectivity index (χ0) is 22.6. The summed E-state index contributed by atoms with van der Waals surface area (Å²) in [7, 11) is -1.58. The SMILES string of the molecule is Cn1cnnc1Sc1ccc(NC(=O)Cc2ccc(S(=O)(=O)N3CCCCC3)cc2)cc1. The van der Waals surface area contributed by atoms with Gasteiger partial charge >= 0.3 is 0 Å². The molecule has 1 fully saturated rings. The van der Waals surface area contributed by atoms with E-state index in [1.165, 1.54) is 11.8 Å². The quantitative estimate of drug-likeness (QED) is 0.568. The number of benzene rings is 2. The molecule has 1 amide bonds. The minimum absolute atomic E-state index is 0.162. The molecule has 1 N–H and O–H groups in total. The molecule has 0 aliphatic carbocycles. The lowest BCUT2D eigenvalue weighted by molar-refractivity contribution is -0.115. The first kappa shape index (κ1) is 22.5.